The highest BCUT2D eigenvalue weighted by Gasteiger charge is 2.29. The van der Waals surface area contributed by atoms with Crippen LogP contribution in [0.2, 0.25) is 0 Å². The predicted octanol–water partition coefficient (Wildman–Crippen LogP) is 0.717. The number of nitrogens with zero attached hydrogens (tertiary/aromatic N) is 6. The summed E-state index contributed by atoms with van der Waals surface area (Å²) in [4.78, 5) is 30.5. The monoisotopic (exact) mass is 477 g/mol. The molecule has 4 aromatic rings. The molecule has 4 N–H and O–H groups in total. The minimum atomic E-state index is -0.382. The number of carbonyl (C=O) groups excluding carboxylic acids is 1. The maximum atomic E-state index is 13.1. The van der Waals surface area contributed by atoms with Gasteiger partial charge in [0, 0.05) is 31.4 Å². The topological polar surface area (TPSA) is 161 Å². The van der Waals surface area contributed by atoms with E-state index in [1.54, 1.807) is 43.6 Å². The van der Waals surface area contributed by atoms with Crippen LogP contribution in [0.3, 0.4) is 0 Å². The predicted molar refractivity (Wildman–Crippen MR) is 126 cm³/mol. The van der Waals surface area contributed by atoms with Crippen molar-refractivity contribution in [3.8, 4) is 11.7 Å². The lowest BCUT2D eigenvalue weighted by Crippen LogP contribution is -2.46. The number of pyridine rings is 1. The van der Waals surface area contributed by atoms with E-state index in [9.17, 15) is 14.7 Å². The SMILES string of the molecule is CNc1cc(Nc2cccn(-c3ccc(OC)nn3)c2=O)nc2c(C(=O)NC3CC(O)C3)cnn12. The highest BCUT2D eigenvalue weighted by molar-refractivity contribution is 6.00. The Labute approximate surface area is 198 Å². The lowest BCUT2D eigenvalue weighted by Gasteiger charge is -2.31. The number of hydrogen-bond acceptors (Lipinski definition) is 10. The Morgan fingerprint density at radius 1 is 1.23 bits per heavy atom. The van der Waals surface area contributed by atoms with E-state index >= 15 is 0 Å². The van der Waals surface area contributed by atoms with Crippen molar-refractivity contribution in [2.45, 2.75) is 25.0 Å². The van der Waals surface area contributed by atoms with Crippen LogP contribution >= 0.6 is 0 Å². The molecule has 0 radical (unpaired) electrons. The molecule has 4 heterocycles. The fourth-order valence-corrected chi connectivity index (χ4v) is 3.79. The molecule has 0 aromatic carbocycles. The van der Waals surface area contributed by atoms with Crippen LogP contribution < -0.4 is 26.2 Å². The second kappa shape index (κ2) is 9.02. The van der Waals surface area contributed by atoms with Gasteiger partial charge in [-0.25, -0.2) is 4.98 Å². The Morgan fingerprint density at radius 2 is 2.06 bits per heavy atom. The molecule has 1 aliphatic rings. The minimum absolute atomic E-state index is 0.0821. The fourth-order valence-electron chi connectivity index (χ4n) is 3.79. The Bertz CT molecular complexity index is 1440. The number of ether oxygens (including phenoxy) is 1. The number of methoxy groups -OCH3 is 1. The van der Waals surface area contributed by atoms with Crippen molar-refractivity contribution in [1.29, 1.82) is 0 Å². The van der Waals surface area contributed by atoms with Gasteiger partial charge in [0.05, 0.1) is 19.4 Å². The zero-order chi connectivity index (χ0) is 24.5. The van der Waals surface area contributed by atoms with Gasteiger partial charge in [-0.1, -0.05) is 0 Å². The van der Waals surface area contributed by atoms with Gasteiger partial charge < -0.3 is 25.8 Å². The number of aliphatic hydroxyl groups excluding tert-OH is 1. The van der Waals surface area contributed by atoms with E-state index in [1.165, 1.54) is 22.4 Å². The van der Waals surface area contributed by atoms with Crippen LogP contribution in [0.1, 0.15) is 23.2 Å². The molecule has 0 saturated heterocycles. The number of carbonyl (C=O) groups is 1. The average Bonchev–Trinajstić information content (AvgIpc) is 3.28. The molecule has 5 rings (SSSR count). The number of rotatable bonds is 7. The van der Waals surface area contributed by atoms with Gasteiger partial charge in [0.1, 0.15) is 22.9 Å². The highest BCUT2D eigenvalue weighted by Crippen LogP contribution is 2.23. The summed E-state index contributed by atoms with van der Waals surface area (Å²) in [6, 6.07) is 8.14. The lowest BCUT2D eigenvalue weighted by molar-refractivity contribution is 0.0563. The summed E-state index contributed by atoms with van der Waals surface area (Å²) < 4.78 is 7.87. The third-order valence-corrected chi connectivity index (χ3v) is 5.71. The Balaban J connectivity index is 1.47. The van der Waals surface area contributed by atoms with Crippen LogP contribution in [0.5, 0.6) is 5.88 Å². The first-order chi connectivity index (χ1) is 17.0. The summed E-state index contributed by atoms with van der Waals surface area (Å²) in [5.41, 5.74) is 0.479. The van der Waals surface area contributed by atoms with Crippen molar-refractivity contribution in [2.24, 2.45) is 0 Å². The maximum Gasteiger partial charge on any atom is 0.280 e. The molecule has 1 saturated carbocycles. The number of nitrogens with one attached hydrogen (secondary N) is 3. The lowest BCUT2D eigenvalue weighted by atomic mass is 9.89. The Kier molecular flexibility index (Phi) is 5.74. The quantitative estimate of drug-likeness (QED) is 0.298. The molecule has 1 amide bonds. The summed E-state index contributed by atoms with van der Waals surface area (Å²) in [5, 5.41) is 30.6. The van der Waals surface area contributed by atoms with E-state index in [1.807, 2.05) is 0 Å². The molecular formula is C22H23N9O4. The molecular weight excluding hydrogens is 454 g/mol. The third kappa shape index (κ3) is 4.24. The molecule has 13 heteroatoms. The van der Waals surface area contributed by atoms with E-state index in [-0.39, 0.29) is 34.9 Å². The Morgan fingerprint density at radius 3 is 2.74 bits per heavy atom. The van der Waals surface area contributed by atoms with Crippen LogP contribution in [-0.4, -0.2) is 66.7 Å². The van der Waals surface area contributed by atoms with Crippen LogP contribution in [0, 0.1) is 0 Å². The molecule has 0 unspecified atom stereocenters. The second-order valence-corrected chi connectivity index (χ2v) is 8.02. The third-order valence-electron chi connectivity index (χ3n) is 5.71. The van der Waals surface area contributed by atoms with Crippen LogP contribution in [0.25, 0.3) is 11.5 Å². The molecule has 0 aliphatic heterocycles. The van der Waals surface area contributed by atoms with Crippen LogP contribution in [0.4, 0.5) is 17.3 Å². The van der Waals surface area contributed by atoms with Crippen molar-refractivity contribution >= 4 is 28.9 Å². The molecule has 4 aromatic heterocycles. The van der Waals surface area contributed by atoms with E-state index in [0.717, 1.165) is 0 Å². The number of aliphatic hydroxyl groups is 1. The summed E-state index contributed by atoms with van der Waals surface area (Å²) >= 11 is 0. The molecule has 180 valence electrons. The van der Waals surface area contributed by atoms with Crippen molar-refractivity contribution in [1.82, 2.24) is 34.7 Å². The fraction of sp³-hybridized carbons (Fsp3) is 0.273. The molecule has 1 aliphatic carbocycles. The van der Waals surface area contributed by atoms with E-state index < -0.39 is 0 Å². The summed E-state index contributed by atoms with van der Waals surface area (Å²) in [6.45, 7) is 0. The van der Waals surface area contributed by atoms with E-state index in [2.05, 4.69) is 36.2 Å². The largest absolute Gasteiger partial charge is 0.480 e. The van der Waals surface area contributed by atoms with E-state index in [4.69, 9.17) is 4.74 Å². The van der Waals surface area contributed by atoms with Crippen molar-refractivity contribution in [2.75, 3.05) is 24.8 Å². The van der Waals surface area contributed by atoms with Crippen LogP contribution in [-0.2, 0) is 0 Å². The number of hydrogen-bond donors (Lipinski definition) is 4. The van der Waals surface area contributed by atoms with Gasteiger partial charge in [-0.2, -0.15) is 9.61 Å². The molecule has 1 fully saturated rings. The van der Waals surface area contributed by atoms with Gasteiger partial charge >= 0.3 is 0 Å². The first kappa shape index (κ1) is 22.3. The zero-order valence-electron chi connectivity index (χ0n) is 19.0. The van der Waals surface area contributed by atoms with Gasteiger partial charge in [0.25, 0.3) is 11.5 Å². The van der Waals surface area contributed by atoms with Crippen molar-refractivity contribution in [3.05, 3.63) is 58.6 Å². The van der Waals surface area contributed by atoms with Crippen molar-refractivity contribution < 1.29 is 14.6 Å². The number of anilines is 3. The molecule has 0 spiro atoms. The normalized spacial score (nSPS) is 17.0. The van der Waals surface area contributed by atoms with Crippen LogP contribution in [0.15, 0.2) is 47.5 Å². The number of aromatic nitrogens is 6. The zero-order valence-corrected chi connectivity index (χ0v) is 19.0. The maximum absolute atomic E-state index is 13.1. The molecule has 0 atom stereocenters. The molecule has 0 bridgehead atoms. The van der Waals surface area contributed by atoms with Gasteiger partial charge in [-0.3, -0.25) is 14.2 Å². The van der Waals surface area contributed by atoms with Gasteiger partial charge in [-0.15, -0.1) is 10.2 Å². The minimum Gasteiger partial charge on any atom is -0.480 e. The summed E-state index contributed by atoms with van der Waals surface area (Å²) in [7, 11) is 3.20. The Hall–Kier alpha value is -4.52. The smallest absolute Gasteiger partial charge is 0.280 e. The van der Waals surface area contributed by atoms with Crippen molar-refractivity contribution in [3.63, 3.8) is 0 Å². The standard InChI is InChI=1S/C22H23N9O4/c1-23-18-10-16(27-20-14(11-24-31(18)20)21(33)25-12-8-13(32)9-12)26-15-4-3-7-30(22(15)34)17-5-6-19(35-2)29-28-17/h3-7,10-13,23,32H,8-9H2,1-2H3,(H,25,33)(H,26,27). The summed E-state index contributed by atoms with van der Waals surface area (Å²) in [5.74, 6) is 1.24. The van der Waals surface area contributed by atoms with E-state index in [0.29, 0.717) is 41.8 Å². The highest BCUT2D eigenvalue weighted by atomic mass is 16.5. The van der Waals surface area contributed by atoms with Gasteiger partial charge in [0.15, 0.2) is 11.5 Å². The first-order valence-corrected chi connectivity index (χ1v) is 10.9. The molecule has 35 heavy (non-hydrogen) atoms. The summed E-state index contributed by atoms with van der Waals surface area (Å²) in [6.07, 6.45) is 3.68. The van der Waals surface area contributed by atoms with Gasteiger partial charge in [0.2, 0.25) is 5.88 Å². The number of fused-ring (bicyclic) bond motifs is 1. The van der Waals surface area contributed by atoms with Gasteiger partial charge in [-0.05, 0) is 31.0 Å². The second-order valence-electron chi connectivity index (χ2n) is 8.02. The number of amides is 1. The molecule has 13 nitrogen and oxygen atoms in total. The average molecular weight is 477 g/mol. The first-order valence-electron chi connectivity index (χ1n) is 10.9.